The van der Waals surface area contributed by atoms with Crippen LogP contribution in [0.3, 0.4) is 0 Å². The summed E-state index contributed by atoms with van der Waals surface area (Å²) in [6.45, 7) is -2.36. The number of alkyl halides is 17. The molecule has 9 atom stereocenters. The molecule has 0 aliphatic carbocycles. The largest absolute Gasteiger partial charge is 0.499 e. The third-order valence-electron chi connectivity index (χ3n) is 10.8. The number of unbranched alkanes of at least 4 members (excludes halogenated alkanes) is 1. The van der Waals surface area contributed by atoms with Crippen molar-refractivity contribution in [1.82, 2.24) is 0 Å². The van der Waals surface area contributed by atoms with Gasteiger partial charge >= 0.3 is 47.0 Å². The van der Waals surface area contributed by atoms with Gasteiger partial charge in [-0.1, -0.05) is 37.8 Å². The van der Waals surface area contributed by atoms with Crippen molar-refractivity contribution >= 4 is 11.8 Å². The molecule has 0 aromatic heterocycles. The van der Waals surface area contributed by atoms with Crippen LogP contribution in [0.25, 0.3) is 0 Å². The number of rotatable bonds is 49. The Morgan fingerprint density at radius 2 is 0.887 bits per heavy atom. The van der Waals surface area contributed by atoms with Crippen molar-refractivity contribution in [1.29, 1.82) is 0 Å². The molecule has 0 saturated carbocycles. The molecular weight excluding hydrogens is 1160 g/mol. The lowest BCUT2D eigenvalue weighted by atomic mass is 9.91. The molecule has 0 fully saturated rings. The van der Waals surface area contributed by atoms with Gasteiger partial charge in [-0.05, 0) is 51.0 Å². The molecule has 0 saturated heterocycles. The summed E-state index contributed by atoms with van der Waals surface area (Å²) < 4.78 is 282. The van der Waals surface area contributed by atoms with Crippen LogP contribution in [0.2, 0.25) is 0 Å². The summed E-state index contributed by atoms with van der Waals surface area (Å²) >= 11 is -1.50. The standard InChI is InChI=1S/C46H73F17O16S/c1-3-4-5-7-10-38(80-46(62,63)44(57,58)42(53,54)40(49,50)39(47,48)41(51,52)43(55,56)45(59,60)61)11-8-6-9-14-72-25-36(26-75-24-34(17-67)78-28-35(18-68)76-22-32(70)16-66)79-29-37(27-74-20-31(69)12-13-64)77-23-33(71)21-73-19-30(2)15-65/h4-5,9,14,30-38,64-71H,3,6-8,10-13,15-29H2,1-2H3/b5-4+,14-9+. The lowest BCUT2D eigenvalue weighted by Gasteiger charge is -2.43. The zero-order valence-electron chi connectivity index (χ0n) is 43.4. The summed E-state index contributed by atoms with van der Waals surface area (Å²) in [5.74, 6) is -50.8. The second kappa shape index (κ2) is 37.3. The zero-order valence-corrected chi connectivity index (χ0v) is 44.3. The van der Waals surface area contributed by atoms with Crippen LogP contribution < -0.4 is 0 Å². The molecule has 0 spiro atoms. The van der Waals surface area contributed by atoms with Crippen LogP contribution in [0.4, 0.5) is 74.6 Å². The van der Waals surface area contributed by atoms with Crippen LogP contribution in [0.1, 0.15) is 58.8 Å². The Labute approximate surface area is 454 Å². The molecule has 34 heteroatoms. The molecule has 0 aliphatic rings. The molecular formula is C46H73F17O16S. The van der Waals surface area contributed by atoms with E-state index in [0.29, 0.717) is 6.42 Å². The first-order valence-electron chi connectivity index (χ1n) is 24.6. The Hall–Kier alpha value is -2.16. The average Bonchev–Trinajstić information content (AvgIpc) is 3.38. The summed E-state index contributed by atoms with van der Waals surface area (Å²) in [5.41, 5.74) is 0. The second-order valence-electron chi connectivity index (χ2n) is 18.0. The predicted molar refractivity (Wildman–Crippen MR) is 248 cm³/mol. The van der Waals surface area contributed by atoms with Crippen LogP contribution in [-0.4, -0.2) is 242 Å². The Morgan fingerprint density at radius 1 is 0.425 bits per heavy atom. The van der Waals surface area contributed by atoms with Crippen molar-refractivity contribution in [2.45, 2.75) is 154 Å². The van der Waals surface area contributed by atoms with Gasteiger partial charge in [-0.3, -0.25) is 0 Å². The van der Waals surface area contributed by atoms with Gasteiger partial charge in [0.1, 0.15) is 43.2 Å². The summed E-state index contributed by atoms with van der Waals surface area (Å²) in [6, 6.07) is 0. The van der Waals surface area contributed by atoms with E-state index in [1.54, 1.807) is 13.8 Å². The Balaban J connectivity index is 6.38. The first kappa shape index (κ1) is 77.8. The number of ether oxygens (including phenoxy) is 8. The Bertz CT molecular complexity index is 1680. The predicted octanol–water partition coefficient (Wildman–Crippen LogP) is 6.16. The smallest absolute Gasteiger partial charge is 0.460 e. The van der Waals surface area contributed by atoms with Gasteiger partial charge in [-0.25, -0.2) is 0 Å². The van der Waals surface area contributed by atoms with E-state index in [1.165, 1.54) is 18.2 Å². The lowest BCUT2D eigenvalue weighted by Crippen LogP contribution is -2.74. The van der Waals surface area contributed by atoms with Gasteiger partial charge in [0.05, 0.1) is 98.3 Å². The number of aliphatic hydroxyl groups excluding tert-OH is 8. The van der Waals surface area contributed by atoms with Crippen molar-refractivity contribution < 1.29 is 153 Å². The summed E-state index contributed by atoms with van der Waals surface area (Å²) in [4.78, 5) is 0. The van der Waals surface area contributed by atoms with Crippen molar-refractivity contribution in [2.75, 3.05) is 106 Å². The monoisotopic (exact) mass is 1240 g/mol. The second-order valence-corrected chi connectivity index (χ2v) is 19.5. The maximum atomic E-state index is 15.1. The Morgan fingerprint density at radius 3 is 1.44 bits per heavy atom. The van der Waals surface area contributed by atoms with E-state index in [4.69, 9.17) is 48.1 Å². The van der Waals surface area contributed by atoms with Gasteiger partial charge in [0, 0.05) is 24.4 Å². The van der Waals surface area contributed by atoms with E-state index >= 15 is 8.78 Å². The summed E-state index contributed by atoms with van der Waals surface area (Å²) in [5, 5.41) is 68.1. The average molecular weight is 1240 g/mol. The highest BCUT2D eigenvalue weighted by atomic mass is 32.2. The molecule has 0 aromatic carbocycles. The maximum Gasteiger partial charge on any atom is 0.460 e. The molecule has 0 aliphatic heterocycles. The molecule has 8 N–H and O–H groups in total. The van der Waals surface area contributed by atoms with Crippen molar-refractivity contribution in [3.05, 3.63) is 24.5 Å². The van der Waals surface area contributed by atoms with E-state index in [1.807, 2.05) is 0 Å². The number of allylic oxidation sites excluding steroid dienone is 3. The summed E-state index contributed by atoms with van der Waals surface area (Å²) in [7, 11) is 0. The van der Waals surface area contributed by atoms with Gasteiger partial charge in [0.25, 0.3) is 0 Å². The Kier molecular flexibility index (Phi) is 36.3. The molecule has 0 heterocycles. The first-order chi connectivity index (χ1) is 37.0. The van der Waals surface area contributed by atoms with Gasteiger partial charge < -0.3 is 78.7 Å². The van der Waals surface area contributed by atoms with Crippen molar-refractivity contribution in [3.63, 3.8) is 0 Å². The highest BCUT2D eigenvalue weighted by molar-refractivity contribution is 8.01. The van der Waals surface area contributed by atoms with E-state index in [9.17, 15) is 96.5 Å². The molecule has 0 aromatic rings. The molecule has 478 valence electrons. The van der Waals surface area contributed by atoms with Crippen LogP contribution in [0, 0.1) is 5.92 Å². The minimum Gasteiger partial charge on any atom is -0.499 e. The van der Waals surface area contributed by atoms with Crippen molar-refractivity contribution in [3.8, 4) is 0 Å². The first-order valence-corrected chi connectivity index (χ1v) is 25.5. The number of hydrogen-bond donors (Lipinski definition) is 8. The number of aliphatic hydroxyl groups is 8. The van der Waals surface area contributed by atoms with Crippen LogP contribution in [0.15, 0.2) is 24.5 Å². The highest BCUT2D eigenvalue weighted by Crippen LogP contribution is 2.65. The topological polar surface area (TPSA) is 236 Å². The molecule has 16 nitrogen and oxygen atoms in total. The van der Waals surface area contributed by atoms with Gasteiger partial charge in [0.15, 0.2) is 0 Å². The van der Waals surface area contributed by atoms with Gasteiger partial charge in [-0.15, -0.1) is 0 Å². The molecule has 0 amide bonds. The molecule has 0 rings (SSSR count). The molecule has 0 bridgehead atoms. The lowest BCUT2D eigenvalue weighted by molar-refractivity contribution is -0.458. The van der Waals surface area contributed by atoms with E-state index in [0.717, 1.165) is 6.26 Å². The maximum absolute atomic E-state index is 15.1. The van der Waals surface area contributed by atoms with E-state index < -0.39 is 146 Å². The van der Waals surface area contributed by atoms with Crippen LogP contribution in [0.5, 0.6) is 0 Å². The van der Waals surface area contributed by atoms with E-state index in [-0.39, 0.29) is 111 Å². The normalized spacial score (nSPS) is 17.4. The van der Waals surface area contributed by atoms with Crippen LogP contribution in [-0.2, 0) is 37.9 Å². The number of hydrogen-bond acceptors (Lipinski definition) is 17. The summed E-state index contributed by atoms with van der Waals surface area (Å²) in [6.07, 6.45) is -12.6. The van der Waals surface area contributed by atoms with Crippen LogP contribution >= 0.6 is 11.8 Å². The number of thioether (sulfide) groups is 1. The zero-order chi connectivity index (χ0) is 61.7. The molecule has 9 unspecified atom stereocenters. The number of halogens is 17. The minimum absolute atomic E-state index is 0.0421. The third kappa shape index (κ3) is 24.8. The minimum atomic E-state index is -8.74. The fourth-order valence-electron chi connectivity index (χ4n) is 6.06. The van der Waals surface area contributed by atoms with Crippen molar-refractivity contribution in [2.24, 2.45) is 5.92 Å². The SMILES string of the molecule is CC/C=C/CCC(CCC/C=C/OCC(COCC(CO)OCC(CO)OCC(O)CO)OCC(COCC(O)CCO)OCC(O)COCC(C)CO)SC(F)(F)C(F)(F)C(F)(F)C(F)(F)C(F)(F)C(F)(F)C(F)(F)C(F)(F)F. The van der Waals surface area contributed by atoms with Gasteiger partial charge in [0.2, 0.25) is 0 Å². The highest BCUT2D eigenvalue weighted by Gasteiger charge is 2.95. The quantitative estimate of drug-likeness (QED) is 0.0147. The molecule has 80 heavy (non-hydrogen) atoms. The third-order valence-corrected chi connectivity index (χ3v) is 12.2. The fraction of sp³-hybridized carbons (Fsp3) is 0.913. The van der Waals surface area contributed by atoms with Gasteiger partial charge in [-0.2, -0.15) is 74.6 Å². The van der Waals surface area contributed by atoms with E-state index in [2.05, 4.69) is 0 Å². The molecule has 0 radical (unpaired) electrons. The fourth-order valence-corrected chi connectivity index (χ4v) is 7.29.